The van der Waals surface area contributed by atoms with Gasteiger partial charge in [-0.15, -0.1) is 0 Å². The summed E-state index contributed by atoms with van der Waals surface area (Å²) in [4.78, 5) is 2.33. The summed E-state index contributed by atoms with van der Waals surface area (Å²) in [5.74, 6) is 0.953. The van der Waals surface area contributed by atoms with E-state index in [9.17, 15) is 0 Å². The predicted octanol–water partition coefficient (Wildman–Crippen LogP) is 1.12. The van der Waals surface area contributed by atoms with Crippen LogP contribution in [0.4, 0.5) is 5.69 Å². The number of hydrogen-bond acceptors (Lipinski definition) is 2. The van der Waals surface area contributed by atoms with Crippen LogP contribution in [0.5, 0.6) is 5.75 Å². The summed E-state index contributed by atoms with van der Waals surface area (Å²) in [6, 6.07) is 8.14. The fourth-order valence-corrected chi connectivity index (χ4v) is 1.74. The Morgan fingerprint density at radius 2 is 1.93 bits per heavy atom. The fourth-order valence-electron chi connectivity index (χ4n) is 1.74. The SMILES string of the molecule is COc1ccccc1N1CC[N]CC1. The average Bonchev–Trinajstić information content (AvgIpc) is 2.30. The number of hydrogen-bond donors (Lipinski definition) is 0. The van der Waals surface area contributed by atoms with Crippen molar-refractivity contribution in [2.24, 2.45) is 0 Å². The standard InChI is InChI=1S/C11H15N2O/c1-14-11-5-3-2-4-10(11)13-8-6-12-7-9-13/h2-5H,6-9H2,1H3. The molecule has 1 aromatic rings. The zero-order chi connectivity index (χ0) is 9.80. The molecule has 0 aromatic heterocycles. The molecule has 1 aromatic carbocycles. The van der Waals surface area contributed by atoms with Crippen molar-refractivity contribution < 1.29 is 4.74 Å². The molecule has 0 amide bonds. The van der Waals surface area contributed by atoms with E-state index in [4.69, 9.17) is 4.74 Å². The Bertz CT molecular complexity index is 295. The fraction of sp³-hybridized carbons (Fsp3) is 0.455. The Morgan fingerprint density at radius 3 is 2.64 bits per heavy atom. The van der Waals surface area contributed by atoms with Gasteiger partial charge in [-0.25, -0.2) is 5.32 Å². The van der Waals surface area contributed by atoms with E-state index in [1.807, 2.05) is 18.2 Å². The van der Waals surface area contributed by atoms with Gasteiger partial charge in [0.25, 0.3) is 0 Å². The van der Waals surface area contributed by atoms with Crippen LogP contribution in [-0.2, 0) is 0 Å². The first-order chi connectivity index (χ1) is 6.92. The molecule has 1 radical (unpaired) electrons. The van der Waals surface area contributed by atoms with Gasteiger partial charge in [0.1, 0.15) is 5.75 Å². The van der Waals surface area contributed by atoms with Gasteiger partial charge in [-0.3, -0.25) is 0 Å². The van der Waals surface area contributed by atoms with E-state index in [1.165, 1.54) is 5.69 Å². The predicted molar refractivity (Wildman–Crippen MR) is 57.1 cm³/mol. The van der Waals surface area contributed by atoms with E-state index in [1.54, 1.807) is 7.11 Å². The molecule has 0 unspecified atom stereocenters. The molecule has 1 saturated heterocycles. The Hall–Kier alpha value is -1.22. The summed E-state index contributed by atoms with van der Waals surface area (Å²) in [5, 5.41) is 4.33. The van der Waals surface area contributed by atoms with Gasteiger partial charge in [0, 0.05) is 26.2 Å². The largest absolute Gasteiger partial charge is 0.495 e. The van der Waals surface area contributed by atoms with Crippen LogP contribution in [0.3, 0.4) is 0 Å². The first-order valence-corrected chi connectivity index (χ1v) is 4.93. The summed E-state index contributed by atoms with van der Waals surface area (Å²) in [7, 11) is 1.72. The molecule has 0 spiro atoms. The van der Waals surface area contributed by atoms with Crippen LogP contribution in [0.15, 0.2) is 24.3 Å². The maximum Gasteiger partial charge on any atom is 0.142 e. The molecule has 0 atom stereocenters. The first kappa shape index (κ1) is 9.34. The second-order valence-electron chi connectivity index (χ2n) is 3.33. The lowest BCUT2D eigenvalue weighted by molar-refractivity contribution is 0.413. The van der Waals surface area contributed by atoms with Crippen molar-refractivity contribution >= 4 is 5.69 Å². The number of piperazine rings is 1. The molecule has 1 aliphatic rings. The highest BCUT2D eigenvalue weighted by molar-refractivity contribution is 5.58. The molecule has 1 aliphatic heterocycles. The van der Waals surface area contributed by atoms with Crippen molar-refractivity contribution in [3.05, 3.63) is 24.3 Å². The molecule has 2 rings (SSSR count). The van der Waals surface area contributed by atoms with E-state index in [-0.39, 0.29) is 0 Å². The molecule has 0 N–H and O–H groups in total. The van der Waals surface area contributed by atoms with Crippen molar-refractivity contribution in [1.82, 2.24) is 5.32 Å². The molecule has 0 saturated carbocycles. The number of rotatable bonds is 2. The Kier molecular flexibility index (Phi) is 2.89. The third-order valence-corrected chi connectivity index (χ3v) is 2.48. The minimum Gasteiger partial charge on any atom is -0.495 e. The average molecular weight is 191 g/mol. The van der Waals surface area contributed by atoms with Crippen LogP contribution in [0.25, 0.3) is 0 Å². The highest BCUT2D eigenvalue weighted by atomic mass is 16.5. The van der Waals surface area contributed by atoms with Gasteiger partial charge in [0.05, 0.1) is 12.8 Å². The lowest BCUT2D eigenvalue weighted by atomic mass is 10.2. The minimum atomic E-state index is 0.929. The number of ether oxygens (including phenoxy) is 1. The van der Waals surface area contributed by atoms with Crippen molar-refractivity contribution in [3.63, 3.8) is 0 Å². The summed E-state index contributed by atoms with van der Waals surface area (Å²) in [6.45, 7) is 3.86. The first-order valence-electron chi connectivity index (χ1n) is 4.93. The second-order valence-corrected chi connectivity index (χ2v) is 3.33. The van der Waals surface area contributed by atoms with Crippen LogP contribution in [-0.4, -0.2) is 33.3 Å². The van der Waals surface area contributed by atoms with Crippen LogP contribution in [0.1, 0.15) is 0 Å². The van der Waals surface area contributed by atoms with Crippen molar-refractivity contribution in [3.8, 4) is 5.75 Å². The van der Waals surface area contributed by atoms with E-state index in [0.717, 1.165) is 31.9 Å². The highest BCUT2D eigenvalue weighted by Crippen LogP contribution is 2.27. The topological polar surface area (TPSA) is 26.6 Å². The van der Waals surface area contributed by atoms with E-state index < -0.39 is 0 Å². The highest BCUT2D eigenvalue weighted by Gasteiger charge is 2.14. The number of anilines is 1. The molecule has 1 heterocycles. The zero-order valence-electron chi connectivity index (χ0n) is 8.44. The monoisotopic (exact) mass is 191 g/mol. The molecular formula is C11H15N2O. The number of benzene rings is 1. The quantitative estimate of drug-likeness (QED) is 0.700. The summed E-state index contributed by atoms with van der Waals surface area (Å²) >= 11 is 0. The number of methoxy groups -OCH3 is 1. The smallest absolute Gasteiger partial charge is 0.142 e. The van der Waals surface area contributed by atoms with Gasteiger partial charge >= 0.3 is 0 Å². The summed E-state index contributed by atoms with van der Waals surface area (Å²) < 4.78 is 5.33. The van der Waals surface area contributed by atoms with Gasteiger partial charge in [-0.05, 0) is 12.1 Å². The van der Waals surface area contributed by atoms with Gasteiger partial charge in [0.15, 0.2) is 0 Å². The Balaban J connectivity index is 2.20. The normalized spacial score (nSPS) is 16.8. The zero-order valence-corrected chi connectivity index (χ0v) is 8.44. The number of nitrogens with zero attached hydrogens (tertiary/aromatic N) is 2. The molecule has 0 aliphatic carbocycles. The minimum absolute atomic E-state index is 0.929. The molecule has 3 heteroatoms. The summed E-state index contributed by atoms with van der Waals surface area (Å²) in [6.07, 6.45) is 0. The van der Waals surface area contributed by atoms with Gasteiger partial charge in [-0.2, -0.15) is 0 Å². The second kappa shape index (κ2) is 4.33. The maximum absolute atomic E-state index is 5.33. The molecular weight excluding hydrogens is 176 g/mol. The summed E-state index contributed by atoms with van der Waals surface area (Å²) in [5.41, 5.74) is 1.19. The van der Waals surface area contributed by atoms with E-state index in [2.05, 4.69) is 16.3 Å². The third-order valence-electron chi connectivity index (χ3n) is 2.48. The van der Waals surface area contributed by atoms with Gasteiger partial charge in [-0.1, -0.05) is 12.1 Å². The lowest BCUT2D eigenvalue weighted by Gasteiger charge is -2.29. The molecule has 75 valence electrons. The van der Waals surface area contributed by atoms with Crippen LogP contribution in [0.2, 0.25) is 0 Å². The van der Waals surface area contributed by atoms with Crippen molar-refractivity contribution in [1.29, 1.82) is 0 Å². The molecule has 0 bridgehead atoms. The lowest BCUT2D eigenvalue weighted by Crippen LogP contribution is -2.40. The Labute approximate surface area is 84.7 Å². The van der Waals surface area contributed by atoms with Crippen molar-refractivity contribution in [2.45, 2.75) is 0 Å². The molecule has 14 heavy (non-hydrogen) atoms. The van der Waals surface area contributed by atoms with Gasteiger partial charge in [0.2, 0.25) is 0 Å². The maximum atomic E-state index is 5.33. The van der Waals surface area contributed by atoms with Crippen molar-refractivity contribution in [2.75, 3.05) is 38.2 Å². The number of para-hydroxylation sites is 2. The van der Waals surface area contributed by atoms with E-state index in [0.29, 0.717) is 0 Å². The molecule has 3 nitrogen and oxygen atoms in total. The Morgan fingerprint density at radius 1 is 1.21 bits per heavy atom. The van der Waals surface area contributed by atoms with Gasteiger partial charge < -0.3 is 9.64 Å². The van der Waals surface area contributed by atoms with Crippen LogP contribution in [0, 0.1) is 0 Å². The van der Waals surface area contributed by atoms with Crippen LogP contribution < -0.4 is 15.0 Å². The van der Waals surface area contributed by atoms with Crippen LogP contribution >= 0.6 is 0 Å². The third kappa shape index (κ3) is 1.82. The molecule has 1 fully saturated rings. The van der Waals surface area contributed by atoms with E-state index >= 15 is 0 Å².